The fraction of sp³-hybridized carbons (Fsp3) is 0.333. The summed E-state index contributed by atoms with van der Waals surface area (Å²) in [4.78, 5) is 23.9. The van der Waals surface area contributed by atoms with E-state index >= 15 is 0 Å². The Balaban J connectivity index is 3.73. The molecule has 0 fully saturated rings. The minimum atomic E-state index is -1.02. The van der Waals surface area contributed by atoms with Crippen LogP contribution in [-0.4, -0.2) is 23.8 Å². The predicted octanol–water partition coefficient (Wildman–Crippen LogP) is 0.122. The minimum absolute atomic E-state index is 0.233. The first-order valence-electron chi connectivity index (χ1n) is 2.91. The van der Waals surface area contributed by atoms with Crippen LogP contribution in [-0.2, 0) is 19.2 Å². The lowest BCUT2D eigenvalue weighted by Gasteiger charge is -1.92. The van der Waals surface area contributed by atoms with E-state index < -0.39 is 11.9 Å². The van der Waals surface area contributed by atoms with Gasteiger partial charge in [0.15, 0.2) is 0 Å². The van der Waals surface area contributed by atoms with Gasteiger partial charge in [-0.05, 0) is 6.92 Å². The van der Waals surface area contributed by atoms with Crippen LogP contribution in [0.1, 0.15) is 6.92 Å². The molecule has 0 amide bonds. The minimum Gasteiger partial charge on any atom is -0.463 e. The molecule has 11 heavy (non-hydrogen) atoms. The first-order chi connectivity index (χ1) is 5.20. The standard InChI is InChI=1S/C6H8O5/c1-2-10-5(7)3-4-6(8)11-9/h3-4,9H,2H2,1H3/b4-3+. The van der Waals surface area contributed by atoms with Crippen LogP contribution in [0.3, 0.4) is 0 Å². The predicted molar refractivity (Wildman–Crippen MR) is 34.5 cm³/mol. The van der Waals surface area contributed by atoms with E-state index in [1.54, 1.807) is 6.92 Å². The molecule has 5 heteroatoms. The molecule has 1 N–H and O–H groups in total. The summed E-state index contributed by atoms with van der Waals surface area (Å²) in [5.74, 6) is -1.67. The quantitative estimate of drug-likeness (QED) is 0.275. The molecule has 0 bridgehead atoms. The molecule has 0 radical (unpaired) electrons. The van der Waals surface area contributed by atoms with Crippen molar-refractivity contribution in [1.82, 2.24) is 0 Å². The Morgan fingerprint density at radius 1 is 1.36 bits per heavy atom. The van der Waals surface area contributed by atoms with Crippen LogP contribution in [0.4, 0.5) is 0 Å². The first-order valence-corrected chi connectivity index (χ1v) is 2.91. The summed E-state index contributed by atoms with van der Waals surface area (Å²) < 4.78 is 4.42. The van der Waals surface area contributed by atoms with Crippen LogP contribution in [0.15, 0.2) is 12.2 Å². The Labute approximate surface area is 63.1 Å². The van der Waals surface area contributed by atoms with E-state index in [-0.39, 0.29) is 6.61 Å². The number of esters is 1. The number of ether oxygens (including phenoxy) is 1. The summed E-state index contributed by atoms with van der Waals surface area (Å²) >= 11 is 0. The maximum absolute atomic E-state index is 10.5. The third kappa shape index (κ3) is 5.10. The molecule has 0 aromatic rings. The van der Waals surface area contributed by atoms with Crippen LogP contribution in [0.25, 0.3) is 0 Å². The molecule has 0 rings (SSSR count). The molecule has 0 aliphatic heterocycles. The monoisotopic (exact) mass is 160 g/mol. The van der Waals surface area contributed by atoms with Crippen molar-refractivity contribution in [2.75, 3.05) is 6.61 Å². The lowest BCUT2D eigenvalue weighted by atomic mass is 10.5. The van der Waals surface area contributed by atoms with Gasteiger partial charge in [0, 0.05) is 12.2 Å². The highest BCUT2D eigenvalue weighted by Crippen LogP contribution is 1.82. The van der Waals surface area contributed by atoms with Crippen LogP contribution in [0.5, 0.6) is 0 Å². The van der Waals surface area contributed by atoms with Crippen molar-refractivity contribution < 1.29 is 24.5 Å². The molecule has 0 aromatic carbocycles. The zero-order valence-electron chi connectivity index (χ0n) is 5.94. The van der Waals surface area contributed by atoms with Crippen molar-refractivity contribution in [3.05, 3.63) is 12.2 Å². The van der Waals surface area contributed by atoms with Gasteiger partial charge in [-0.1, -0.05) is 0 Å². The molecule has 0 aliphatic rings. The van der Waals surface area contributed by atoms with Crippen molar-refractivity contribution in [3.8, 4) is 0 Å². The van der Waals surface area contributed by atoms with Gasteiger partial charge in [-0.2, -0.15) is 5.26 Å². The van der Waals surface area contributed by atoms with Crippen molar-refractivity contribution in [2.24, 2.45) is 0 Å². The van der Waals surface area contributed by atoms with Gasteiger partial charge in [-0.3, -0.25) is 4.89 Å². The van der Waals surface area contributed by atoms with Gasteiger partial charge in [-0.25, -0.2) is 9.59 Å². The molecular weight excluding hydrogens is 152 g/mol. The van der Waals surface area contributed by atoms with Crippen molar-refractivity contribution in [2.45, 2.75) is 6.92 Å². The highest BCUT2D eigenvalue weighted by Gasteiger charge is 1.97. The van der Waals surface area contributed by atoms with E-state index in [9.17, 15) is 9.59 Å². The van der Waals surface area contributed by atoms with Crippen LogP contribution < -0.4 is 0 Å². The van der Waals surface area contributed by atoms with E-state index in [0.29, 0.717) is 0 Å². The first kappa shape index (κ1) is 9.64. The highest BCUT2D eigenvalue weighted by molar-refractivity contribution is 5.91. The van der Waals surface area contributed by atoms with Crippen molar-refractivity contribution in [3.63, 3.8) is 0 Å². The van der Waals surface area contributed by atoms with Crippen molar-refractivity contribution in [1.29, 1.82) is 0 Å². The number of hydrogen-bond donors (Lipinski definition) is 1. The molecular formula is C6H8O5. The topological polar surface area (TPSA) is 72.8 Å². The fourth-order valence-electron chi connectivity index (χ4n) is 0.357. The van der Waals surface area contributed by atoms with Gasteiger partial charge in [0.1, 0.15) is 0 Å². The molecule has 0 saturated heterocycles. The molecule has 0 aromatic heterocycles. The van der Waals surface area contributed by atoms with E-state index in [1.165, 1.54) is 0 Å². The second-order valence-corrected chi connectivity index (χ2v) is 1.50. The van der Waals surface area contributed by atoms with Crippen LogP contribution >= 0.6 is 0 Å². The number of carbonyl (C=O) groups excluding carboxylic acids is 2. The van der Waals surface area contributed by atoms with E-state index in [0.717, 1.165) is 12.2 Å². The van der Waals surface area contributed by atoms with E-state index in [2.05, 4.69) is 9.62 Å². The lowest BCUT2D eigenvalue weighted by molar-refractivity contribution is -0.228. The van der Waals surface area contributed by atoms with Crippen LogP contribution in [0, 0.1) is 0 Å². The Kier molecular flexibility index (Phi) is 4.76. The average molecular weight is 160 g/mol. The maximum Gasteiger partial charge on any atom is 0.365 e. The molecule has 0 spiro atoms. The Morgan fingerprint density at radius 2 is 1.91 bits per heavy atom. The average Bonchev–Trinajstić information content (AvgIpc) is 2.01. The molecule has 0 heterocycles. The number of rotatable bonds is 3. The summed E-state index contributed by atoms with van der Waals surface area (Å²) in [5, 5.41) is 7.72. The Morgan fingerprint density at radius 3 is 2.36 bits per heavy atom. The molecule has 0 saturated carbocycles. The SMILES string of the molecule is CCOC(=O)/C=C/C(=O)OO. The second kappa shape index (κ2) is 5.43. The normalized spacial score (nSPS) is 9.64. The van der Waals surface area contributed by atoms with Gasteiger partial charge in [0.05, 0.1) is 6.61 Å². The summed E-state index contributed by atoms with van der Waals surface area (Å²) in [6.07, 6.45) is 1.63. The number of carbonyl (C=O) groups is 2. The van der Waals surface area contributed by atoms with E-state index in [1.807, 2.05) is 0 Å². The van der Waals surface area contributed by atoms with Gasteiger partial charge in [0.2, 0.25) is 0 Å². The van der Waals surface area contributed by atoms with Gasteiger partial charge < -0.3 is 4.74 Å². The molecule has 0 aliphatic carbocycles. The zero-order chi connectivity index (χ0) is 8.69. The Bertz CT molecular complexity index is 172. The van der Waals surface area contributed by atoms with Crippen molar-refractivity contribution >= 4 is 11.9 Å². The summed E-state index contributed by atoms with van der Waals surface area (Å²) in [7, 11) is 0. The number of hydrogen-bond acceptors (Lipinski definition) is 5. The van der Waals surface area contributed by atoms with Gasteiger partial charge in [-0.15, -0.1) is 0 Å². The second-order valence-electron chi connectivity index (χ2n) is 1.50. The Hall–Kier alpha value is -1.36. The molecule has 5 nitrogen and oxygen atoms in total. The summed E-state index contributed by atoms with van der Waals surface area (Å²) in [5.41, 5.74) is 0. The largest absolute Gasteiger partial charge is 0.463 e. The third-order valence-corrected chi connectivity index (χ3v) is 0.732. The molecule has 0 atom stereocenters. The fourth-order valence-corrected chi connectivity index (χ4v) is 0.357. The summed E-state index contributed by atoms with van der Waals surface area (Å²) in [6.45, 7) is 1.87. The maximum atomic E-state index is 10.5. The third-order valence-electron chi connectivity index (χ3n) is 0.732. The highest BCUT2D eigenvalue weighted by atomic mass is 17.1. The molecule has 0 unspecified atom stereocenters. The summed E-state index contributed by atoms with van der Waals surface area (Å²) in [6, 6.07) is 0. The van der Waals surface area contributed by atoms with Gasteiger partial charge in [0.25, 0.3) is 0 Å². The lowest BCUT2D eigenvalue weighted by Crippen LogP contribution is -2.02. The van der Waals surface area contributed by atoms with Crippen LogP contribution in [0.2, 0.25) is 0 Å². The smallest absolute Gasteiger partial charge is 0.365 e. The van der Waals surface area contributed by atoms with Gasteiger partial charge >= 0.3 is 11.9 Å². The zero-order valence-corrected chi connectivity index (χ0v) is 5.94. The van der Waals surface area contributed by atoms with E-state index in [4.69, 9.17) is 5.26 Å². The molecule has 62 valence electrons.